The van der Waals surface area contributed by atoms with Crippen molar-refractivity contribution in [3.63, 3.8) is 0 Å². The van der Waals surface area contributed by atoms with E-state index in [1.165, 1.54) is 11.1 Å². The van der Waals surface area contributed by atoms with Gasteiger partial charge < -0.3 is 20.5 Å². The zero-order chi connectivity index (χ0) is 19.8. The molecule has 0 bridgehead atoms. The second kappa shape index (κ2) is 9.96. The van der Waals surface area contributed by atoms with Crippen LogP contribution >= 0.6 is 0 Å². The molecule has 0 aliphatic rings. The van der Waals surface area contributed by atoms with Gasteiger partial charge in [-0.15, -0.1) is 0 Å². The molecule has 0 fully saturated rings. The van der Waals surface area contributed by atoms with Gasteiger partial charge in [-0.1, -0.05) is 31.2 Å². The van der Waals surface area contributed by atoms with Crippen LogP contribution in [-0.4, -0.2) is 41.3 Å². The van der Waals surface area contributed by atoms with E-state index in [9.17, 15) is 0 Å². The Labute approximate surface area is 165 Å². The van der Waals surface area contributed by atoms with Gasteiger partial charge >= 0.3 is 0 Å². The quantitative estimate of drug-likeness (QED) is 0.521. The molecule has 0 spiro atoms. The van der Waals surface area contributed by atoms with Crippen molar-refractivity contribution in [2.45, 2.75) is 26.3 Å². The summed E-state index contributed by atoms with van der Waals surface area (Å²) in [5, 5.41) is 3.53. The maximum absolute atomic E-state index is 5.69. The molecule has 7 nitrogen and oxygen atoms in total. The lowest BCUT2D eigenvalue weighted by Gasteiger charge is -2.20. The topological polar surface area (TPSA) is 95.2 Å². The third-order valence-electron chi connectivity index (χ3n) is 4.48. The van der Waals surface area contributed by atoms with Crippen molar-refractivity contribution in [2.75, 3.05) is 31.7 Å². The number of rotatable bonds is 10. The highest BCUT2D eigenvalue weighted by Gasteiger charge is 2.15. The van der Waals surface area contributed by atoms with Crippen LogP contribution in [-0.2, 0) is 4.74 Å². The molecule has 3 aromatic rings. The number of hydrogen-bond acceptors (Lipinski definition) is 7. The van der Waals surface area contributed by atoms with Gasteiger partial charge in [0.05, 0.1) is 24.8 Å². The molecule has 0 unspecified atom stereocenters. The smallest absolute Gasteiger partial charge is 0.214 e. The Morgan fingerprint density at radius 1 is 1.07 bits per heavy atom. The van der Waals surface area contributed by atoms with Gasteiger partial charge in [0.2, 0.25) is 5.88 Å². The molecule has 0 aliphatic carbocycles. The first-order valence-corrected chi connectivity index (χ1v) is 9.57. The number of ether oxygens (including phenoxy) is 2. The van der Waals surface area contributed by atoms with Gasteiger partial charge in [0, 0.05) is 12.6 Å². The van der Waals surface area contributed by atoms with Crippen LogP contribution in [0.4, 0.5) is 5.82 Å². The summed E-state index contributed by atoms with van der Waals surface area (Å²) in [6.45, 7) is 6.17. The number of nitrogens with zero attached hydrogens (tertiary/aromatic N) is 3. The van der Waals surface area contributed by atoms with Crippen molar-refractivity contribution in [1.82, 2.24) is 15.0 Å². The van der Waals surface area contributed by atoms with Crippen LogP contribution < -0.4 is 15.8 Å². The van der Waals surface area contributed by atoms with Crippen LogP contribution in [0.1, 0.15) is 30.5 Å². The molecule has 148 valence electrons. The van der Waals surface area contributed by atoms with E-state index in [0.717, 1.165) is 11.9 Å². The van der Waals surface area contributed by atoms with Crippen molar-refractivity contribution in [3.05, 3.63) is 53.9 Å². The van der Waals surface area contributed by atoms with Crippen molar-refractivity contribution in [3.8, 4) is 5.88 Å². The second-order valence-corrected chi connectivity index (χ2v) is 6.45. The van der Waals surface area contributed by atoms with E-state index in [-0.39, 0.29) is 6.04 Å². The molecular weight excluding hydrogens is 354 g/mol. The maximum atomic E-state index is 5.69. The van der Waals surface area contributed by atoms with Crippen molar-refractivity contribution < 1.29 is 9.47 Å². The van der Waals surface area contributed by atoms with Gasteiger partial charge in [-0.2, -0.15) is 0 Å². The summed E-state index contributed by atoms with van der Waals surface area (Å²) < 4.78 is 11.0. The minimum atomic E-state index is 0.135. The van der Waals surface area contributed by atoms with Gasteiger partial charge in [-0.3, -0.25) is 0 Å². The van der Waals surface area contributed by atoms with Crippen molar-refractivity contribution in [1.29, 1.82) is 0 Å². The fourth-order valence-electron chi connectivity index (χ4n) is 3.04. The number of nitrogens with one attached hydrogen (secondary N) is 1. The Bertz CT molecular complexity index is 903. The third-order valence-corrected chi connectivity index (χ3v) is 4.48. The fourth-order valence-corrected chi connectivity index (χ4v) is 3.04. The number of hydrogen-bond donors (Lipinski definition) is 2. The molecule has 0 radical (unpaired) electrons. The van der Waals surface area contributed by atoms with E-state index in [1.54, 1.807) is 12.4 Å². The number of pyridine rings is 1. The average Bonchev–Trinajstić information content (AvgIpc) is 2.72. The van der Waals surface area contributed by atoms with Crippen LogP contribution in [0, 0.1) is 6.92 Å². The van der Waals surface area contributed by atoms with E-state index in [2.05, 4.69) is 52.3 Å². The SMILES string of the molecule is CC[C@H](Nc1ncnc2ccc(OCCOCCN)nc12)c1ccccc1C. The molecule has 28 heavy (non-hydrogen) atoms. The molecule has 0 saturated carbocycles. The molecule has 7 heteroatoms. The standard InChI is InChI=1S/C21H27N5O2/c1-3-17(16-7-5-4-6-15(16)2)25-21-20-18(23-14-24-21)8-9-19(26-20)28-13-12-27-11-10-22/h4-9,14,17H,3,10-13,22H2,1-2H3,(H,23,24,25)/t17-/m0/s1. The van der Waals surface area contributed by atoms with E-state index >= 15 is 0 Å². The van der Waals surface area contributed by atoms with Gasteiger partial charge in [0.1, 0.15) is 18.5 Å². The molecule has 0 amide bonds. The number of fused-ring (bicyclic) bond motifs is 1. The zero-order valence-corrected chi connectivity index (χ0v) is 16.4. The normalized spacial score (nSPS) is 12.1. The lowest BCUT2D eigenvalue weighted by atomic mass is 9.99. The minimum Gasteiger partial charge on any atom is -0.475 e. The molecule has 0 aliphatic heterocycles. The largest absolute Gasteiger partial charge is 0.475 e. The predicted molar refractivity (Wildman–Crippen MR) is 111 cm³/mol. The lowest BCUT2D eigenvalue weighted by Crippen LogP contribution is -2.14. The summed E-state index contributed by atoms with van der Waals surface area (Å²) >= 11 is 0. The number of aryl methyl sites for hydroxylation is 1. The van der Waals surface area contributed by atoms with Crippen LogP contribution in [0.25, 0.3) is 11.0 Å². The first-order valence-electron chi connectivity index (χ1n) is 9.57. The van der Waals surface area contributed by atoms with Crippen LogP contribution in [0.15, 0.2) is 42.7 Å². The van der Waals surface area contributed by atoms with Gasteiger partial charge in [0.25, 0.3) is 0 Å². The second-order valence-electron chi connectivity index (χ2n) is 6.45. The van der Waals surface area contributed by atoms with Gasteiger partial charge in [-0.05, 0) is 30.5 Å². The van der Waals surface area contributed by atoms with Crippen molar-refractivity contribution >= 4 is 16.9 Å². The Morgan fingerprint density at radius 2 is 1.93 bits per heavy atom. The molecule has 1 aromatic carbocycles. The first kappa shape index (κ1) is 20.0. The van der Waals surface area contributed by atoms with E-state index in [0.29, 0.717) is 43.6 Å². The number of anilines is 1. The lowest BCUT2D eigenvalue weighted by molar-refractivity contribution is 0.104. The summed E-state index contributed by atoms with van der Waals surface area (Å²) in [5.41, 5.74) is 9.36. The third kappa shape index (κ3) is 4.94. The molecule has 1 atom stereocenters. The Kier molecular flexibility index (Phi) is 7.11. The first-order chi connectivity index (χ1) is 13.7. The monoisotopic (exact) mass is 381 g/mol. The number of nitrogens with two attached hydrogens (primary N) is 1. The van der Waals surface area contributed by atoms with Crippen LogP contribution in [0.5, 0.6) is 5.88 Å². The summed E-state index contributed by atoms with van der Waals surface area (Å²) in [6.07, 6.45) is 2.48. The Balaban J connectivity index is 1.80. The highest BCUT2D eigenvalue weighted by atomic mass is 16.5. The van der Waals surface area contributed by atoms with Gasteiger partial charge in [0.15, 0.2) is 5.82 Å². The number of aromatic nitrogens is 3. The summed E-state index contributed by atoms with van der Waals surface area (Å²) in [4.78, 5) is 13.4. The molecule has 3 rings (SSSR count). The average molecular weight is 381 g/mol. The highest BCUT2D eigenvalue weighted by molar-refractivity contribution is 5.85. The van der Waals surface area contributed by atoms with Gasteiger partial charge in [-0.25, -0.2) is 15.0 Å². The molecular formula is C21H27N5O2. The summed E-state index contributed by atoms with van der Waals surface area (Å²) in [7, 11) is 0. The Morgan fingerprint density at radius 3 is 2.71 bits per heavy atom. The molecule has 0 saturated heterocycles. The summed E-state index contributed by atoms with van der Waals surface area (Å²) in [5.74, 6) is 1.22. The van der Waals surface area contributed by atoms with E-state index in [1.807, 2.05) is 12.1 Å². The fraction of sp³-hybridized carbons (Fsp3) is 0.381. The molecule has 2 aromatic heterocycles. The summed E-state index contributed by atoms with van der Waals surface area (Å²) in [6, 6.07) is 12.2. The molecule has 3 N–H and O–H groups in total. The van der Waals surface area contributed by atoms with E-state index in [4.69, 9.17) is 15.2 Å². The zero-order valence-electron chi connectivity index (χ0n) is 16.4. The molecule has 2 heterocycles. The minimum absolute atomic E-state index is 0.135. The van der Waals surface area contributed by atoms with Crippen molar-refractivity contribution in [2.24, 2.45) is 5.73 Å². The highest BCUT2D eigenvalue weighted by Crippen LogP contribution is 2.27. The van der Waals surface area contributed by atoms with Crippen LogP contribution in [0.3, 0.4) is 0 Å². The van der Waals surface area contributed by atoms with E-state index < -0.39 is 0 Å². The maximum Gasteiger partial charge on any atom is 0.214 e. The number of benzene rings is 1. The van der Waals surface area contributed by atoms with Crippen LogP contribution in [0.2, 0.25) is 0 Å². The Hall–Kier alpha value is -2.77. The predicted octanol–water partition coefficient (Wildman–Crippen LogP) is 3.25.